The zero-order valence-electron chi connectivity index (χ0n) is 13.2. The van der Waals surface area contributed by atoms with Gasteiger partial charge < -0.3 is 15.4 Å². The number of nitrogens with zero attached hydrogens (tertiary/aromatic N) is 1. The van der Waals surface area contributed by atoms with Gasteiger partial charge in [0.1, 0.15) is 0 Å². The molecule has 0 saturated heterocycles. The summed E-state index contributed by atoms with van der Waals surface area (Å²) in [6, 6.07) is 13.7. The molecule has 1 aromatic heterocycles. The molecular formula is C18H21N3O2. The Labute approximate surface area is 136 Å². The van der Waals surface area contributed by atoms with E-state index < -0.39 is 0 Å². The maximum atomic E-state index is 12.2. The molecule has 2 amide bonds. The van der Waals surface area contributed by atoms with Gasteiger partial charge in [-0.3, -0.25) is 0 Å². The van der Waals surface area contributed by atoms with E-state index in [0.717, 1.165) is 11.1 Å². The second kappa shape index (κ2) is 7.13. The molecule has 2 aromatic rings. The molecule has 0 spiro atoms. The highest BCUT2D eigenvalue weighted by atomic mass is 16.5. The van der Waals surface area contributed by atoms with E-state index in [0.29, 0.717) is 18.3 Å². The van der Waals surface area contributed by atoms with Crippen LogP contribution in [0.2, 0.25) is 0 Å². The van der Waals surface area contributed by atoms with Crippen LogP contribution in [0, 0.1) is 5.92 Å². The highest BCUT2D eigenvalue weighted by molar-refractivity contribution is 5.74. The number of hydrogen-bond acceptors (Lipinski definition) is 3. The summed E-state index contributed by atoms with van der Waals surface area (Å²) in [4.78, 5) is 16.3. The Morgan fingerprint density at radius 1 is 1.26 bits per heavy atom. The van der Waals surface area contributed by atoms with Gasteiger partial charge in [0.05, 0.1) is 13.2 Å². The number of rotatable bonds is 6. The minimum Gasteiger partial charge on any atom is -0.481 e. The van der Waals surface area contributed by atoms with Gasteiger partial charge in [0.15, 0.2) is 0 Å². The maximum absolute atomic E-state index is 12.2. The zero-order valence-corrected chi connectivity index (χ0v) is 13.2. The van der Waals surface area contributed by atoms with E-state index in [2.05, 4.69) is 27.8 Å². The quantitative estimate of drug-likeness (QED) is 0.862. The molecule has 1 unspecified atom stereocenters. The van der Waals surface area contributed by atoms with Crippen molar-refractivity contribution in [2.75, 3.05) is 7.11 Å². The standard InChI is InChI=1S/C18H21N3O2/c1-23-16-10-7-13(11-19-16)12-20-18(22)21-17(15-8-9-15)14-5-3-2-4-6-14/h2-7,10-11,15,17H,8-9,12H2,1H3,(H2,20,21,22). The number of carbonyl (C=O) groups excluding carboxylic acids is 1. The molecule has 2 N–H and O–H groups in total. The van der Waals surface area contributed by atoms with Gasteiger partial charge in [0, 0.05) is 18.8 Å². The van der Waals surface area contributed by atoms with Crippen LogP contribution in [0.3, 0.4) is 0 Å². The lowest BCUT2D eigenvalue weighted by Gasteiger charge is -2.19. The third kappa shape index (κ3) is 4.22. The number of nitrogens with one attached hydrogen (secondary N) is 2. The van der Waals surface area contributed by atoms with Crippen LogP contribution in [0.1, 0.15) is 30.0 Å². The van der Waals surface area contributed by atoms with Crippen LogP contribution in [0.25, 0.3) is 0 Å². The molecule has 120 valence electrons. The lowest BCUT2D eigenvalue weighted by Crippen LogP contribution is -2.38. The van der Waals surface area contributed by atoms with Gasteiger partial charge in [0.2, 0.25) is 5.88 Å². The van der Waals surface area contributed by atoms with Crippen LogP contribution in [0.15, 0.2) is 48.7 Å². The smallest absolute Gasteiger partial charge is 0.315 e. The van der Waals surface area contributed by atoms with E-state index in [1.165, 1.54) is 12.8 Å². The second-order valence-corrected chi connectivity index (χ2v) is 5.76. The van der Waals surface area contributed by atoms with Crippen molar-refractivity contribution in [1.29, 1.82) is 0 Å². The molecule has 1 aromatic carbocycles. The molecule has 5 nitrogen and oxygen atoms in total. The highest BCUT2D eigenvalue weighted by Gasteiger charge is 2.33. The van der Waals surface area contributed by atoms with Crippen LogP contribution < -0.4 is 15.4 Å². The van der Waals surface area contributed by atoms with Gasteiger partial charge >= 0.3 is 6.03 Å². The molecule has 1 aliphatic carbocycles. The fourth-order valence-corrected chi connectivity index (χ4v) is 2.57. The van der Waals surface area contributed by atoms with Gasteiger partial charge in [-0.05, 0) is 29.9 Å². The number of hydrogen-bond donors (Lipinski definition) is 2. The molecule has 3 rings (SSSR count). The van der Waals surface area contributed by atoms with Crippen LogP contribution in [-0.4, -0.2) is 18.1 Å². The Morgan fingerprint density at radius 2 is 2.04 bits per heavy atom. The molecule has 1 atom stereocenters. The number of amides is 2. The summed E-state index contributed by atoms with van der Waals surface area (Å²) < 4.78 is 5.02. The average molecular weight is 311 g/mol. The molecule has 1 heterocycles. The summed E-state index contributed by atoms with van der Waals surface area (Å²) in [5, 5.41) is 5.98. The first-order valence-electron chi connectivity index (χ1n) is 7.84. The van der Waals surface area contributed by atoms with E-state index >= 15 is 0 Å². The van der Waals surface area contributed by atoms with Crippen molar-refractivity contribution in [1.82, 2.24) is 15.6 Å². The Morgan fingerprint density at radius 3 is 2.65 bits per heavy atom. The Hall–Kier alpha value is -2.56. The van der Waals surface area contributed by atoms with Crippen molar-refractivity contribution in [3.8, 4) is 5.88 Å². The Bertz CT molecular complexity index is 639. The van der Waals surface area contributed by atoms with E-state index in [1.807, 2.05) is 24.3 Å². The third-order valence-corrected chi connectivity index (χ3v) is 4.00. The van der Waals surface area contributed by atoms with Gasteiger partial charge in [-0.1, -0.05) is 36.4 Å². The van der Waals surface area contributed by atoms with Crippen molar-refractivity contribution in [3.63, 3.8) is 0 Å². The minimum absolute atomic E-state index is 0.0881. The van der Waals surface area contributed by atoms with Crippen molar-refractivity contribution in [2.24, 2.45) is 5.92 Å². The average Bonchev–Trinajstić information content (AvgIpc) is 3.44. The van der Waals surface area contributed by atoms with Crippen LogP contribution in [0.5, 0.6) is 5.88 Å². The Kier molecular flexibility index (Phi) is 4.76. The molecule has 1 aliphatic rings. The summed E-state index contributed by atoms with van der Waals surface area (Å²) >= 11 is 0. The first-order chi connectivity index (χ1) is 11.3. The summed E-state index contributed by atoms with van der Waals surface area (Å²) in [7, 11) is 1.58. The van der Waals surface area contributed by atoms with Crippen LogP contribution >= 0.6 is 0 Å². The normalized spacial score (nSPS) is 14.8. The van der Waals surface area contributed by atoms with E-state index in [4.69, 9.17) is 4.74 Å². The number of aromatic nitrogens is 1. The van der Waals surface area contributed by atoms with E-state index in [9.17, 15) is 4.79 Å². The van der Waals surface area contributed by atoms with Crippen LogP contribution in [0.4, 0.5) is 4.79 Å². The molecule has 0 bridgehead atoms. The topological polar surface area (TPSA) is 63.2 Å². The third-order valence-electron chi connectivity index (χ3n) is 4.00. The van der Waals surface area contributed by atoms with Gasteiger partial charge in [-0.15, -0.1) is 0 Å². The number of pyridine rings is 1. The monoisotopic (exact) mass is 311 g/mol. The zero-order chi connectivity index (χ0) is 16.1. The molecule has 1 saturated carbocycles. The lowest BCUT2D eigenvalue weighted by atomic mass is 10.0. The van der Waals surface area contributed by atoms with Crippen molar-refractivity contribution in [3.05, 3.63) is 59.8 Å². The number of urea groups is 1. The summed E-state index contributed by atoms with van der Waals surface area (Å²) in [5.41, 5.74) is 2.10. The summed E-state index contributed by atoms with van der Waals surface area (Å²) in [5.74, 6) is 1.11. The fourth-order valence-electron chi connectivity index (χ4n) is 2.57. The number of methoxy groups -OCH3 is 1. The molecule has 0 radical (unpaired) electrons. The van der Waals surface area contributed by atoms with Crippen LogP contribution in [-0.2, 0) is 6.54 Å². The minimum atomic E-state index is -0.151. The van der Waals surface area contributed by atoms with Crippen molar-refractivity contribution in [2.45, 2.75) is 25.4 Å². The Balaban J connectivity index is 1.55. The predicted octanol–water partition coefficient (Wildman–Crippen LogP) is 3.04. The SMILES string of the molecule is COc1ccc(CNC(=O)NC(c2ccccc2)C2CC2)cn1. The number of carbonyl (C=O) groups is 1. The molecule has 0 aliphatic heterocycles. The number of ether oxygens (including phenoxy) is 1. The molecule has 5 heteroatoms. The highest BCUT2D eigenvalue weighted by Crippen LogP contribution is 2.40. The summed E-state index contributed by atoms with van der Waals surface area (Å²) in [6.45, 7) is 0.439. The van der Waals surface area contributed by atoms with E-state index in [1.54, 1.807) is 19.4 Å². The summed E-state index contributed by atoms with van der Waals surface area (Å²) in [6.07, 6.45) is 4.04. The van der Waals surface area contributed by atoms with Crippen molar-refractivity contribution >= 4 is 6.03 Å². The van der Waals surface area contributed by atoms with Gasteiger partial charge in [-0.25, -0.2) is 9.78 Å². The lowest BCUT2D eigenvalue weighted by molar-refractivity contribution is 0.235. The van der Waals surface area contributed by atoms with Gasteiger partial charge in [0.25, 0.3) is 0 Å². The first kappa shape index (κ1) is 15.3. The maximum Gasteiger partial charge on any atom is 0.315 e. The largest absolute Gasteiger partial charge is 0.481 e. The first-order valence-corrected chi connectivity index (χ1v) is 7.84. The number of benzene rings is 1. The van der Waals surface area contributed by atoms with E-state index in [-0.39, 0.29) is 12.1 Å². The van der Waals surface area contributed by atoms with Crippen molar-refractivity contribution < 1.29 is 9.53 Å². The molecule has 1 fully saturated rings. The molecule has 23 heavy (non-hydrogen) atoms. The van der Waals surface area contributed by atoms with Gasteiger partial charge in [-0.2, -0.15) is 0 Å². The second-order valence-electron chi connectivity index (χ2n) is 5.76. The fraction of sp³-hybridized carbons (Fsp3) is 0.333. The predicted molar refractivity (Wildman–Crippen MR) is 88.1 cm³/mol. The molecular weight excluding hydrogens is 290 g/mol.